The van der Waals surface area contributed by atoms with E-state index in [9.17, 15) is 14.0 Å². The maximum absolute atomic E-state index is 14.2. The van der Waals surface area contributed by atoms with Crippen molar-refractivity contribution in [3.63, 3.8) is 0 Å². The van der Waals surface area contributed by atoms with Crippen molar-refractivity contribution in [3.05, 3.63) is 23.6 Å². The summed E-state index contributed by atoms with van der Waals surface area (Å²) in [5, 5.41) is 0. The first-order valence-electron chi connectivity index (χ1n) is 9.97. The Morgan fingerprint density at radius 1 is 1.23 bits per heavy atom. The summed E-state index contributed by atoms with van der Waals surface area (Å²) < 4.78 is 20.4. The molecule has 0 N–H and O–H groups in total. The van der Waals surface area contributed by atoms with Gasteiger partial charge in [0.15, 0.2) is 11.9 Å². The van der Waals surface area contributed by atoms with Gasteiger partial charge in [0, 0.05) is 23.2 Å². The van der Waals surface area contributed by atoms with Gasteiger partial charge >= 0.3 is 0 Å². The van der Waals surface area contributed by atoms with E-state index in [1.807, 2.05) is 13.8 Å². The van der Waals surface area contributed by atoms with E-state index in [0.29, 0.717) is 12.2 Å². The van der Waals surface area contributed by atoms with Crippen LogP contribution >= 0.6 is 0 Å². The number of epoxide rings is 1. The minimum Gasteiger partial charge on any atom is -0.356 e. The van der Waals surface area contributed by atoms with E-state index in [0.717, 1.165) is 36.7 Å². The van der Waals surface area contributed by atoms with Crippen LogP contribution in [0.4, 0.5) is 4.39 Å². The van der Waals surface area contributed by atoms with Crippen LogP contribution < -0.4 is 0 Å². The van der Waals surface area contributed by atoms with Crippen molar-refractivity contribution in [1.82, 2.24) is 0 Å². The van der Waals surface area contributed by atoms with Crippen LogP contribution in [0.3, 0.4) is 0 Å². The predicted molar refractivity (Wildman–Crippen MR) is 94.9 cm³/mol. The lowest BCUT2D eigenvalue weighted by Crippen LogP contribution is -2.62. The van der Waals surface area contributed by atoms with Gasteiger partial charge in [-0.1, -0.05) is 26.3 Å². The Bertz CT molecular complexity index is 797. The van der Waals surface area contributed by atoms with E-state index in [1.165, 1.54) is 0 Å². The number of halogens is 1. The normalized spacial score (nSPS) is 56.4. The minimum atomic E-state index is -0.599. The first-order chi connectivity index (χ1) is 12.2. The van der Waals surface area contributed by atoms with Crippen LogP contribution in [-0.2, 0) is 14.3 Å². The molecule has 5 rings (SSSR count). The van der Waals surface area contributed by atoms with Gasteiger partial charge in [-0.25, -0.2) is 4.39 Å². The fourth-order valence-corrected chi connectivity index (χ4v) is 7.66. The van der Waals surface area contributed by atoms with Crippen molar-refractivity contribution in [2.24, 2.45) is 34.5 Å². The number of carbonyl (C=O) groups excluding carboxylic acids is 2. The van der Waals surface area contributed by atoms with Crippen LogP contribution in [0.25, 0.3) is 0 Å². The molecule has 3 saturated carbocycles. The first-order valence-corrected chi connectivity index (χ1v) is 9.97. The highest BCUT2D eigenvalue weighted by atomic mass is 19.1. The molecule has 1 aliphatic heterocycles. The van der Waals surface area contributed by atoms with Crippen LogP contribution in [-0.4, -0.2) is 23.3 Å². The highest BCUT2D eigenvalue weighted by Crippen LogP contribution is 2.74. The van der Waals surface area contributed by atoms with E-state index >= 15 is 0 Å². The summed E-state index contributed by atoms with van der Waals surface area (Å²) in [5.74, 6) is 0.727. The fraction of sp³-hybridized carbons (Fsp3) is 0.727. The van der Waals surface area contributed by atoms with Crippen molar-refractivity contribution in [2.45, 2.75) is 65.1 Å². The van der Waals surface area contributed by atoms with Crippen molar-refractivity contribution in [2.75, 3.05) is 0 Å². The van der Waals surface area contributed by atoms with E-state index in [2.05, 4.69) is 13.8 Å². The highest BCUT2D eigenvalue weighted by molar-refractivity contribution is 5.99. The Balaban J connectivity index is 1.71. The van der Waals surface area contributed by atoms with Gasteiger partial charge < -0.3 is 4.74 Å². The molecule has 140 valence electrons. The number of Topliss-reactive ketones (excluding diaryl/α,β-unsaturated/α-hetero) is 1. The monoisotopic (exact) mass is 358 g/mol. The molecule has 3 nitrogen and oxygen atoms in total. The molecule has 0 amide bonds. The molecule has 1 heterocycles. The summed E-state index contributed by atoms with van der Waals surface area (Å²) in [6.45, 7) is 8.39. The second-order valence-corrected chi connectivity index (χ2v) is 9.71. The van der Waals surface area contributed by atoms with E-state index in [-0.39, 0.29) is 40.3 Å². The zero-order valence-corrected chi connectivity index (χ0v) is 16.0. The SMILES string of the molecule is CC1=CC(=O)C2OC23[C@H](C)C(=CF)[C@H]2[C@@H]4CCC(=O)[C@@]4(C)CC[C@@H]2[C@@]13C. The molecule has 8 atom stereocenters. The lowest BCUT2D eigenvalue weighted by Gasteiger charge is -2.61. The summed E-state index contributed by atoms with van der Waals surface area (Å²) >= 11 is 0. The molecule has 4 aliphatic carbocycles. The van der Waals surface area contributed by atoms with Crippen LogP contribution in [0, 0.1) is 34.5 Å². The average Bonchev–Trinajstić information content (AvgIpc) is 3.30. The van der Waals surface area contributed by atoms with Crippen LogP contribution in [0.1, 0.15) is 53.4 Å². The van der Waals surface area contributed by atoms with Crippen LogP contribution in [0.15, 0.2) is 23.6 Å². The van der Waals surface area contributed by atoms with Gasteiger partial charge in [0.25, 0.3) is 0 Å². The number of hydrogen-bond donors (Lipinski definition) is 0. The van der Waals surface area contributed by atoms with Gasteiger partial charge in [-0.2, -0.15) is 0 Å². The third-order valence-electron chi connectivity index (χ3n) is 9.27. The van der Waals surface area contributed by atoms with Crippen molar-refractivity contribution >= 4 is 11.6 Å². The lowest BCUT2D eigenvalue weighted by molar-refractivity contribution is -0.133. The van der Waals surface area contributed by atoms with Gasteiger partial charge in [-0.3, -0.25) is 9.59 Å². The van der Waals surface area contributed by atoms with E-state index in [1.54, 1.807) is 6.08 Å². The summed E-state index contributed by atoms with van der Waals surface area (Å²) in [4.78, 5) is 25.1. The zero-order valence-electron chi connectivity index (χ0n) is 16.0. The van der Waals surface area contributed by atoms with Gasteiger partial charge in [-0.05, 0) is 55.6 Å². The second kappa shape index (κ2) is 4.76. The molecule has 4 heteroatoms. The third-order valence-corrected chi connectivity index (χ3v) is 9.27. The molecule has 26 heavy (non-hydrogen) atoms. The third kappa shape index (κ3) is 1.53. The quantitative estimate of drug-likeness (QED) is 0.611. The molecule has 2 unspecified atom stereocenters. The molecule has 0 aromatic heterocycles. The Morgan fingerprint density at radius 2 is 1.96 bits per heavy atom. The number of ketones is 2. The lowest BCUT2D eigenvalue weighted by atomic mass is 9.41. The summed E-state index contributed by atoms with van der Waals surface area (Å²) in [6, 6.07) is 0. The summed E-state index contributed by atoms with van der Waals surface area (Å²) in [6.07, 6.45) is 5.34. The molecule has 0 aromatic carbocycles. The fourth-order valence-electron chi connectivity index (χ4n) is 7.66. The molecule has 0 radical (unpaired) electrons. The average molecular weight is 358 g/mol. The number of hydrogen-bond acceptors (Lipinski definition) is 3. The number of rotatable bonds is 0. The number of carbonyl (C=O) groups is 2. The Kier molecular flexibility index (Phi) is 3.08. The zero-order chi connectivity index (χ0) is 18.6. The first kappa shape index (κ1) is 16.9. The van der Waals surface area contributed by atoms with Crippen LogP contribution in [0.2, 0.25) is 0 Å². The molecule has 0 aromatic rings. The Morgan fingerprint density at radius 3 is 2.65 bits per heavy atom. The minimum absolute atomic E-state index is 0.0279. The smallest absolute Gasteiger partial charge is 0.187 e. The maximum atomic E-state index is 14.2. The van der Waals surface area contributed by atoms with E-state index < -0.39 is 11.7 Å². The molecule has 1 saturated heterocycles. The van der Waals surface area contributed by atoms with Gasteiger partial charge in [0.2, 0.25) is 0 Å². The molecular weight excluding hydrogens is 331 g/mol. The summed E-state index contributed by atoms with van der Waals surface area (Å²) in [5.41, 5.74) is 0.669. The van der Waals surface area contributed by atoms with E-state index in [4.69, 9.17) is 4.74 Å². The Labute approximate surface area is 154 Å². The number of fused-ring (bicyclic) bond motifs is 4. The highest BCUT2D eigenvalue weighted by Gasteiger charge is 2.80. The molecule has 4 fully saturated rings. The topological polar surface area (TPSA) is 46.7 Å². The van der Waals surface area contributed by atoms with Gasteiger partial charge in [0.05, 0.1) is 6.33 Å². The maximum Gasteiger partial charge on any atom is 0.187 e. The molecular formula is C22H27FO3. The predicted octanol–water partition coefficient (Wildman–Crippen LogP) is 4.17. The van der Waals surface area contributed by atoms with Gasteiger partial charge in [-0.15, -0.1) is 0 Å². The van der Waals surface area contributed by atoms with Gasteiger partial charge in [0.1, 0.15) is 11.4 Å². The molecule has 5 aliphatic rings. The standard InChI is InChI=1S/C22H27FO3/c1-11-9-16(24)19-22(26-19)12(2)13(10-23)18-14-5-6-17(25)20(14,3)8-7-15(18)21(11,22)4/h9-10,12,14-15,18-19H,5-8H2,1-4H3/t12-,14+,15+,18+,19?,20+,21-,22?/m1/s1. The molecule has 1 spiro atoms. The van der Waals surface area contributed by atoms with Crippen molar-refractivity contribution in [1.29, 1.82) is 0 Å². The van der Waals surface area contributed by atoms with Crippen molar-refractivity contribution in [3.8, 4) is 0 Å². The van der Waals surface area contributed by atoms with Crippen LogP contribution in [0.5, 0.6) is 0 Å². The molecule has 0 bridgehead atoms. The number of ether oxygens (including phenoxy) is 1. The second-order valence-electron chi connectivity index (χ2n) is 9.71. The van der Waals surface area contributed by atoms with Crippen molar-refractivity contribution < 1.29 is 18.7 Å². The summed E-state index contributed by atoms with van der Waals surface area (Å²) in [7, 11) is 0. The Hall–Kier alpha value is -1.29. The largest absolute Gasteiger partial charge is 0.356 e.